The summed E-state index contributed by atoms with van der Waals surface area (Å²) in [6.07, 6.45) is -0.305. The number of hydrogen-bond donors (Lipinski definition) is 4. The standard InChI is InChI=1S/C14H18ClN5O4/c15-14-18-11(16-3-6-1-2-6)7-4-17-20(12(7)19-14)13-10(23)9(22)8(5-21)24-13/h4,6,8-10,13,21-23H,1-3,5H2,(H,16,18,19)/t8-,9-,10-,13-/m1/s1. The normalized spacial score (nSPS) is 30.2. The Balaban J connectivity index is 1.69. The molecule has 1 aliphatic carbocycles. The Morgan fingerprint density at radius 1 is 1.29 bits per heavy atom. The minimum Gasteiger partial charge on any atom is -0.394 e. The van der Waals surface area contributed by atoms with Crippen LogP contribution in [0.3, 0.4) is 0 Å². The van der Waals surface area contributed by atoms with E-state index >= 15 is 0 Å². The Bertz CT molecular complexity index is 752. The van der Waals surface area contributed by atoms with Crippen LogP contribution in [0.25, 0.3) is 11.0 Å². The number of anilines is 1. The fourth-order valence-electron chi connectivity index (χ4n) is 2.87. The van der Waals surface area contributed by atoms with E-state index in [9.17, 15) is 15.3 Å². The van der Waals surface area contributed by atoms with Gasteiger partial charge >= 0.3 is 0 Å². The Kier molecular flexibility index (Phi) is 4.05. The smallest absolute Gasteiger partial charge is 0.226 e. The molecule has 0 unspecified atom stereocenters. The van der Waals surface area contributed by atoms with Crippen LogP contribution in [0, 0.1) is 5.92 Å². The van der Waals surface area contributed by atoms with Gasteiger partial charge in [-0.15, -0.1) is 0 Å². The van der Waals surface area contributed by atoms with E-state index in [0.717, 1.165) is 6.54 Å². The van der Waals surface area contributed by atoms with E-state index in [1.54, 1.807) is 6.20 Å². The summed E-state index contributed by atoms with van der Waals surface area (Å²) in [5, 5.41) is 37.5. The second-order valence-corrected chi connectivity index (χ2v) is 6.56. The van der Waals surface area contributed by atoms with Gasteiger partial charge in [-0.1, -0.05) is 0 Å². The lowest BCUT2D eigenvalue weighted by molar-refractivity contribution is -0.0566. The summed E-state index contributed by atoms with van der Waals surface area (Å²) in [4.78, 5) is 8.38. The molecule has 0 spiro atoms. The third kappa shape index (κ3) is 2.72. The first-order valence-corrected chi connectivity index (χ1v) is 8.23. The molecular weight excluding hydrogens is 338 g/mol. The third-order valence-electron chi connectivity index (χ3n) is 4.44. The molecule has 0 radical (unpaired) electrons. The zero-order chi connectivity index (χ0) is 16.8. The summed E-state index contributed by atoms with van der Waals surface area (Å²) in [7, 11) is 0. The zero-order valence-corrected chi connectivity index (χ0v) is 13.5. The highest BCUT2D eigenvalue weighted by atomic mass is 35.5. The Morgan fingerprint density at radius 2 is 2.08 bits per heavy atom. The van der Waals surface area contributed by atoms with Crippen LogP contribution in [0.2, 0.25) is 5.28 Å². The number of aliphatic hydroxyl groups is 3. The fraction of sp³-hybridized carbons (Fsp3) is 0.643. The van der Waals surface area contributed by atoms with Crippen molar-refractivity contribution in [2.24, 2.45) is 5.92 Å². The first kappa shape index (κ1) is 16.0. The number of nitrogens with one attached hydrogen (secondary N) is 1. The molecule has 4 rings (SSSR count). The van der Waals surface area contributed by atoms with E-state index in [0.29, 0.717) is 22.8 Å². The number of hydrogen-bond acceptors (Lipinski definition) is 8. The first-order chi connectivity index (χ1) is 11.6. The van der Waals surface area contributed by atoms with E-state index in [-0.39, 0.29) is 5.28 Å². The monoisotopic (exact) mass is 355 g/mol. The summed E-state index contributed by atoms with van der Waals surface area (Å²) < 4.78 is 6.86. The van der Waals surface area contributed by atoms with E-state index < -0.39 is 31.1 Å². The fourth-order valence-corrected chi connectivity index (χ4v) is 3.03. The van der Waals surface area contributed by atoms with Crippen LogP contribution in [0.5, 0.6) is 0 Å². The van der Waals surface area contributed by atoms with Crippen molar-refractivity contribution < 1.29 is 20.1 Å². The van der Waals surface area contributed by atoms with Crippen LogP contribution in [-0.2, 0) is 4.74 Å². The summed E-state index contributed by atoms with van der Waals surface area (Å²) in [5.74, 6) is 1.24. The van der Waals surface area contributed by atoms with Gasteiger partial charge in [-0.3, -0.25) is 0 Å². The van der Waals surface area contributed by atoms with Gasteiger partial charge < -0.3 is 25.4 Å². The van der Waals surface area contributed by atoms with E-state index in [4.69, 9.17) is 16.3 Å². The first-order valence-electron chi connectivity index (χ1n) is 7.85. The van der Waals surface area contributed by atoms with Crippen molar-refractivity contribution >= 4 is 28.5 Å². The Hall–Kier alpha value is -1.52. The molecule has 24 heavy (non-hydrogen) atoms. The number of fused-ring (bicyclic) bond motifs is 1. The molecule has 1 saturated carbocycles. The molecule has 0 bridgehead atoms. The van der Waals surface area contributed by atoms with Gasteiger partial charge in [0.2, 0.25) is 5.28 Å². The summed E-state index contributed by atoms with van der Waals surface area (Å²) >= 11 is 6.02. The second-order valence-electron chi connectivity index (χ2n) is 6.22. The van der Waals surface area contributed by atoms with E-state index in [1.165, 1.54) is 17.5 Å². The largest absolute Gasteiger partial charge is 0.394 e. The van der Waals surface area contributed by atoms with Crippen molar-refractivity contribution in [2.45, 2.75) is 37.4 Å². The van der Waals surface area contributed by atoms with Crippen molar-refractivity contribution in [1.29, 1.82) is 0 Å². The molecule has 130 valence electrons. The SMILES string of the molecule is OC[C@H]1O[C@@H](n2ncc3c(NCC4CC4)nc(Cl)nc32)[C@H](O)[C@@H]1O. The molecule has 2 aromatic rings. The van der Waals surface area contributed by atoms with Gasteiger partial charge in [-0.25, -0.2) is 4.68 Å². The number of ether oxygens (including phenoxy) is 1. The van der Waals surface area contributed by atoms with Crippen LogP contribution >= 0.6 is 11.6 Å². The van der Waals surface area contributed by atoms with Crippen molar-refractivity contribution in [2.75, 3.05) is 18.5 Å². The average Bonchev–Trinajstić information content (AvgIpc) is 3.24. The predicted molar refractivity (Wildman–Crippen MR) is 84.6 cm³/mol. The molecule has 4 atom stereocenters. The second kappa shape index (κ2) is 6.08. The zero-order valence-electron chi connectivity index (χ0n) is 12.7. The molecule has 10 heteroatoms. The lowest BCUT2D eigenvalue weighted by Gasteiger charge is -2.16. The molecule has 4 N–H and O–H groups in total. The minimum atomic E-state index is -1.23. The molecule has 2 fully saturated rings. The number of nitrogens with zero attached hydrogens (tertiary/aromatic N) is 4. The van der Waals surface area contributed by atoms with Gasteiger partial charge in [0.15, 0.2) is 11.9 Å². The van der Waals surface area contributed by atoms with Crippen LogP contribution in [0.1, 0.15) is 19.1 Å². The van der Waals surface area contributed by atoms with Gasteiger partial charge in [0.1, 0.15) is 24.1 Å². The lowest BCUT2D eigenvalue weighted by Crippen LogP contribution is -2.33. The predicted octanol–water partition coefficient (Wildman–Crippen LogP) is -0.0869. The van der Waals surface area contributed by atoms with Gasteiger partial charge in [0, 0.05) is 6.54 Å². The quantitative estimate of drug-likeness (QED) is 0.548. The highest BCUT2D eigenvalue weighted by Crippen LogP contribution is 2.33. The summed E-state index contributed by atoms with van der Waals surface area (Å²) in [6.45, 7) is 0.402. The molecule has 1 saturated heterocycles. The number of rotatable bonds is 5. The van der Waals surface area contributed by atoms with Crippen LogP contribution < -0.4 is 5.32 Å². The molecule has 3 heterocycles. The van der Waals surface area contributed by atoms with Crippen molar-refractivity contribution in [1.82, 2.24) is 19.7 Å². The minimum absolute atomic E-state index is 0.0503. The van der Waals surface area contributed by atoms with Crippen LogP contribution in [0.4, 0.5) is 5.82 Å². The maximum atomic E-state index is 10.2. The highest BCUT2D eigenvalue weighted by molar-refractivity contribution is 6.28. The maximum absolute atomic E-state index is 10.2. The molecule has 2 aromatic heterocycles. The lowest BCUT2D eigenvalue weighted by atomic mass is 10.1. The van der Waals surface area contributed by atoms with Crippen LogP contribution in [0.15, 0.2) is 6.20 Å². The summed E-state index contributed by atoms with van der Waals surface area (Å²) in [5.41, 5.74) is 0.392. The number of aromatic nitrogens is 4. The van der Waals surface area contributed by atoms with Gasteiger partial charge in [0.25, 0.3) is 0 Å². The molecular formula is C14H18ClN5O4. The summed E-state index contributed by atoms with van der Waals surface area (Å²) in [6, 6.07) is 0. The Morgan fingerprint density at radius 3 is 2.75 bits per heavy atom. The maximum Gasteiger partial charge on any atom is 0.226 e. The van der Waals surface area contributed by atoms with Gasteiger partial charge in [0.05, 0.1) is 18.2 Å². The number of halogens is 1. The molecule has 0 aromatic carbocycles. The van der Waals surface area contributed by atoms with Gasteiger partial charge in [-0.05, 0) is 30.4 Å². The number of aliphatic hydroxyl groups excluding tert-OH is 3. The van der Waals surface area contributed by atoms with Crippen LogP contribution in [-0.4, -0.2) is 66.5 Å². The Labute approximate surface area is 142 Å². The highest BCUT2D eigenvalue weighted by Gasteiger charge is 2.44. The molecule has 0 amide bonds. The van der Waals surface area contributed by atoms with Crippen molar-refractivity contribution in [3.8, 4) is 0 Å². The average molecular weight is 356 g/mol. The third-order valence-corrected chi connectivity index (χ3v) is 4.61. The van der Waals surface area contributed by atoms with E-state index in [1.807, 2.05) is 0 Å². The topological polar surface area (TPSA) is 126 Å². The van der Waals surface area contributed by atoms with Gasteiger partial charge in [-0.2, -0.15) is 15.1 Å². The van der Waals surface area contributed by atoms with Crippen molar-refractivity contribution in [3.05, 3.63) is 11.5 Å². The molecule has 2 aliphatic rings. The molecule has 9 nitrogen and oxygen atoms in total. The van der Waals surface area contributed by atoms with E-state index in [2.05, 4.69) is 20.4 Å². The molecule has 1 aliphatic heterocycles. The van der Waals surface area contributed by atoms with Crippen molar-refractivity contribution in [3.63, 3.8) is 0 Å².